The van der Waals surface area contributed by atoms with E-state index >= 15 is 0 Å². The maximum atomic E-state index is 12.2. The zero-order valence-corrected chi connectivity index (χ0v) is 15.7. The molecule has 0 bridgehead atoms. The van der Waals surface area contributed by atoms with Crippen LogP contribution in [0.2, 0.25) is 0 Å². The molecule has 3 aromatic rings. The van der Waals surface area contributed by atoms with Crippen molar-refractivity contribution in [2.24, 2.45) is 7.05 Å². The molecule has 1 N–H and O–H groups in total. The van der Waals surface area contributed by atoms with Gasteiger partial charge in [0.2, 0.25) is 5.88 Å². The lowest BCUT2D eigenvalue weighted by Gasteiger charge is -2.07. The Morgan fingerprint density at radius 1 is 1.33 bits per heavy atom. The van der Waals surface area contributed by atoms with E-state index in [1.165, 1.54) is 6.20 Å². The average Bonchev–Trinajstić information content (AvgIpc) is 3.23. The Morgan fingerprint density at radius 2 is 2.19 bits per heavy atom. The molecule has 3 rings (SSSR count). The third kappa shape index (κ3) is 4.72. The number of aromatic nitrogens is 4. The van der Waals surface area contributed by atoms with Crippen molar-refractivity contribution >= 4 is 11.7 Å². The highest BCUT2D eigenvalue weighted by Gasteiger charge is 2.14. The van der Waals surface area contributed by atoms with Crippen molar-refractivity contribution < 1.29 is 14.1 Å². The van der Waals surface area contributed by atoms with Crippen molar-refractivity contribution in [1.29, 1.82) is 0 Å². The highest BCUT2D eigenvalue weighted by Crippen LogP contribution is 2.18. The Balaban J connectivity index is 1.59. The summed E-state index contributed by atoms with van der Waals surface area (Å²) < 4.78 is 12.6. The van der Waals surface area contributed by atoms with Crippen LogP contribution in [0.15, 0.2) is 35.1 Å². The minimum absolute atomic E-state index is 0.274. The van der Waals surface area contributed by atoms with Gasteiger partial charge in [0.25, 0.3) is 5.91 Å². The molecule has 0 radical (unpaired) electrons. The Morgan fingerprint density at radius 3 is 2.85 bits per heavy atom. The molecule has 0 aliphatic carbocycles. The quantitative estimate of drug-likeness (QED) is 0.655. The van der Waals surface area contributed by atoms with E-state index in [4.69, 9.17) is 9.26 Å². The Hall–Kier alpha value is -3.16. The van der Waals surface area contributed by atoms with E-state index in [0.717, 1.165) is 36.3 Å². The zero-order chi connectivity index (χ0) is 19.2. The summed E-state index contributed by atoms with van der Waals surface area (Å²) in [5, 5.41) is 10.9. The number of hydrogen-bond acceptors (Lipinski definition) is 6. The highest BCUT2D eigenvalue weighted by molar-refractivity contribution is 6.03. The number of aryl methyl sites for hydroxylation is 3. The minimum Gasteiger partial charge on any atom is -0.473 e. The van der Waals surface area contributed by atoms with E-state index in [-0.39, 0.29) is 5.91 Å². The molecule has 0 unspecified atom stereocenters. The topological polar surface area (TPSA) is 95.1 Å². The van der Waals surface area contributed by atoms with E-state index in [1.807, 2.05) is 6.92 Å². The van der Waals surface area contributed by atoms with Crippen LogP contribution in [0.5, 0.6) is 5.88 Å². The third-order valence-corrected chi connectivity index (χ3v) is 4.15. The number of anilines is 1. The van der Waals surface area contributed by atoms with Gasteiger partial charge in [-0.1, -0.05) is 18.5 Å². The lowest BCUT2D eigenvalue weighted by Crippen LogP contribution is -2.13. The molecule has 0 saturated carbocycles. The van der Waals surface area contributed by atoms with E-state index in [0.29, 0.717) is 23.9 Å². The zero-order valence-electron chi connectivity index (χ0n) is 15.7. The van der Waals surface area contributed by atoms with Crippen LogP contribution in [-0.2, 0) is 20.1 Å². The number of carbonyl (C=O) groups is 1. The summed E-state index contributed by atoms with van der Waals surface area (Å²) in [7, 11) is 1.79. The molecule has 0 aromatic carbocycles. The van der Waals surface area contributed by atoms with Gasteiger partial charge in [0, 0.05) is 31.6 Å². The van der Waals surface area contributed by atoms with Crippen LogP contribution < -0.4 is 10.1 Å². The summed E-state index contributed by atoms with van der Waals surface area (Å²) >= 11 is 0. The molecule has 0 atom stereocenters. The molecule has 3 heterocycles. The monoisotopic (exact) mass is 369 g/mol. The second-order valence-corrected chi connectivity index (χ2v) is 6.27. The number of amides is 1. The Bertz CT molecular complexity index is 898. The second kappa shape index (κ2) is 8.48. The number of rotatable bonds is 8. The Labute approximate surface area is 157 Å². The van der Waals surface area contributed by atoms with E-state index in [9.17, 15) is 4.79 Å². The molecule has 0 fully saturated rings. The summed E-state index contributed by atoms with van der Waals surface area (Å²) in [5.74, 6) is 1.41. The summed E-state index contributed by atoms with van der Waals surface area (Å²) in [4.78, 5) is 16.4. The van der Waals surface area contributed by atoms with Crippen molar-refractivity contribution in [3.63, 3.8) is 0 Å². The van der Waals surface area contributed by atoms with Crippen LogP contribution in [0.1, 0.15) is 47.1 Å². The van der Waals surface area contributed by atoms with E-state index in [1.54, 1.807) is 36.1 Å². The second-order valence-electron chi connectivity index (χ2n) is 6.27. The van der Waals surface area contributed by atoms with Crippen molar-refractivity contribution in [1.82, 2.24) is 19.9 Å². The molecule has 27 heavy (non-hydrogen) atoms. The standard InChI is InChI=1S/C19H23N5O3/c1-4-5-6-16-15(13(2)27-23-16)12-26-18-8-7-14(11-20-18)19(25)21-17-9-10-24(3)22-17/h7-11H,4-6,12H2,1-3H3,(H,21,22,25). The molecular weight excluding hydrogens is 346 g/mol. The van der Waals surface area contributed by atoms with Gasteiger partial charge >= 0.3 is 0 Å². The van der Waals surface area contributed by atoms with Gasteiger partial charge in [-0.05, 0) is 25.8 Å². The van der Waals surface area contributed by atoms with E-state index in [2.05, 4.69) is 27.5 Å². The normalized spacial score (nSPS) is 10.8. The lowest BCUT2D eigenvalue weighted by atomic mass is 10.1. The predicted octanol–water partition coefficient (Wildman–Crippen LogP) is 3.29. The van der Waals surface area contributed by atoms with Crippen LogP contribution >= 0.6 is 0 Å². The fourth-order valence-corrected chi connectivity index (χ4v) is 2.58. The first-order valence-electron chi connectivity index (χ1n) is 8.90. The highest BCUT2D eigenvalue weighted by atomic mass is 16.5. The smallest absolute Gasteiger partial charge is 0.258 e. The lowest BCUT2D eigenvalue weighted by molar-refractivity contribution is 0.102. The van der Waals surface area contributed by atoms with Gasteiger partial charge in [-0.3, -0.25) is 9.48 Å². The fourth-order valence-electron chi connectivity index (χ4n) is 2.58. The minimum atomic E-state index is -0.274. The third-order valence-electron chi connectivity index (χ3n) is 4.15. The summed E-state index contributed by atoms with van der Waals surface area (Å²) in [6.45, 7) is 4.35. The van der Waals surface area contributed by atoms with Crippen LogP contribution in [-0.4, -0.2) is 25.8 Å². The number of pyridine rings is 1. The largest absolute Gasteiger partial charge is 0.473 e. The van der Waals surface area contributed by atoms with Crippen LogP contribution in [0, 0.1) is 6.92 Å². The first-order valence-corrected chi connectivity index (χ1v) is 8.90. The van der Waals surface area contributed by atoms with Crippen molar-refractivity contribution in [2.45, 2.75) is 39.7 Å². The van der Waals surface area contributed by atoms with Crippen LogP contribution in [0.3, 0.4) is 0 Å². The van der Waals surface area contributed by atoms with Gasteiger partial charge in [0.15, 0.2) is 5.82 Å². The Kier molecular flexibility index (Phi) is 5.85. The van der Waals surface area contributed by atoms with Crippen LogP contribution in [0.4, 0.5) is 5.82 Å². The number of nitrogens with one attached hydrogen (secondary N) is 1. The molecule has 0 saturated heterocycles. The number of hydrogen-bond donors (Lipinski definition) is 1. The summed E-state index contributed by atoms with van der Waals surface area (Å²) in [6.07, 6.45) is 6.25. The average molecular weight is 369 g/mol. The molecule has 0 aliphatic rings. The fraction of sp³-hybridized carbons (Fsp3) is 0.368. The molecular formula is C19H23N5O3. The molecule has 8 heteroatoms. The molecule has 142 valence electrons. The van der Waals surface area contributed by atoms with Crippen molar-refractivity contribution in [3.05, 3.63) is 53.2 Å². The van der Waals surface area contributed by atoms with Crippen molar-refractivity contribution in [2.75, 3.05) is 5.32 Å². The van der Waals surface area contributed by atoms with Gasteiger partial charge < -0.3 is 14.6 Å². The molecule has 0 spiro atoms. The first kappa shape index (κ1) is 18.6. The van der Waals surface area contributed by atoms with Crippen molar-refractivity contribution in [3.8, 4) is 5.88 Å². The molecule has 8 nitrogen and oxygen atoms in total. The maximum absolute atomic E-state index is 12.2. The number of ether oxygens (including phenoxy) is 1. The van der Waals surface area contributed by atoms with Gasteiger partial charge in [0.1, 0.15) is 12.4 Å². The predicted molar refractivity (Wildman–Crippen MR) is 99.6 cm³/mol. The summed E-state index contributed by atoms with van der Waals surface area (Å²) in [5.41, 5.74) is 2.32. The number of nitrogens with zero attached hydrogens (tertiary/aromatic N) is 4. The number of unbranched alkanes of at least 4 members (excludes halogenated alkanes) is 1. The molecule has 0 aliphatic heterocycles. The summed E-state index contributed by atoms with van der Waals surface area (Å²) in [6, 6.07) is 5.06. The first-order chi connectivity index (χ1) is 13.1. The van der Waals surface area contributed by atoms with Gasteiger partial charge in [-0.25, -0.2) is 4.98 Å². The van der Waals surface area contributed by atoms with Gasteiger partial charge in [0.05, 0.1) is 16.8 Å². The molecule has 3 aromatic heterocycles. The van der Waals surface area contributed by atoms with Crippen LogP contribution in [0.25, 0.3) is 0 Å². The number of carbonyl (C=O) groups excluding carboxylic acids is 1. The maximum Gasteiger partial charge on any atom is 0.258 e. The van der Waals surface area contributed by atoms with Gasteiger partial charge in [-0.2, -0.15) is 5.10 Å². The SMILES string of the molecule is CCCCc1noc(C)c1COc1ccc(C(=O)Nc2ccn(C)n2)cn1. The van der Waals surface area contributed by atoms with Gasteiger partial charge in [-0.15, -0.1) is 0 Å². The molecule has 1 amide bonds. The van der Waals surface area contributed by atoms with E-state index < -0.39 is 0 Å².